The first-order valence-corrected chi connectivity index (χ1v) is 3.78. The molecule has 0 aromatic carbocycles. The van der Waals surface area contributed by atoms with Crippen LogP contribution in [-0.2, 0) is 0 Å². The maximum absolute atomic E-state index is 13.2. The minimum absolute atomic E-state index is 0.118. The molecule has 0 N–H and O–H groups in total. The van der Waals surface area contributed by atoms with Crippen molar-refractivity contribution in [1.29, 1.82) is 0 Å². The zero-order valence-electron chi connectivity index (χ0n) is 7.39. The summed E-state index contributed by atoms with van der Waals surface area (Å²) in [6.45, 7) is 0. The van der Waals surface area contributed by atoms with E-state index in [0.717, 1.165) is 6.20 Å². The van der Waals surface area contributed by atoms with Gasteiger partial charge in [-0.3, -0.25) is 0 Å². The molecular formula is C5H2FN7O3. The second-order valence-corrected chi connectivity index (χ2v) is 2.50. The summed E-state index contributed by atoms with van der Waals surface area (Å²) < 4.78 is 14.0. The Labute approximate surface area is 85.4 Å². The first kappa shape index (κ1) is 9.82. The highest BCUT2D eigenvalue weighted by molar-refractivity contribution is 5.77. The van der Waals surface area contributed by atoms with Crippen molar-refractivity contribution in [3.63, 3.8) is 0 Å². The molecule has 11 heteroatoms. The molecule has 0 aliphatic heterocycles. The number of rotatable bonds is 1. The summed E-state index contributed by atoms with van der Waals surface area (Å²) in [6, 6.07) is -1.06. The molecule has 82 valence electrons. The molecular weight excluding hydrogens is 225 g/mol. The summed E-state index contributed by atoms with van der Waals surface area (Å²) in [5, 5.41) is 22.7. The maximum Gasteiger partial charge on any atom is 0.448 e. The molecule has 0 atom stereocenters. The van der Waals surface area contributed by atoms with Gasteiger partial charge in [0.2, 0.25) is 0 Å². The molecule has 0 saturated carbocycles. The quantitative estimate of drug-likeness (QED) is 0.472. The number of nitro groups is 1. The van der Waals surface area contributed by atoms with E-state index >= 15 is 0 Å². The first-order chi connectivity index (χ1) is 7.61. The van der Waals surface area contributed by atoms with Crippen LogP contribution in [0.2, 0.25) is 0 Å². The fraction of sp³-hybridized carbons (Fsp3) is 0. The molecule has 2 heterocycles. The van der Waals surface area contributed by atoms with Gasteiger partial charge in [-0.25, -0.2) is 4.79 Å². The fourth-order valence-corrected chi connectivity index (χ4v) is 0.904. The lowest BCUT2D eigenvalue weighted by Gasteiger charge is -1.95. The van der Waals surface area contributed by atoms with Crippen LogP contribution in [0, 0.1) is 16.1 Å². The van der Waals surface area contributed by atoms with Crippen LogP contribution in [0.15, 0.2) is 12.4 Å². The van der Waals surface area contributed by atoms with Crippen LogP contribution in [0.1, 0.15) is 0 Å². The summed E-state index contributed by atoms with van der Waals surface area (Å²) in [6.07, 6.45) is 2.32. The van der Waals surface area contributed by atoms with Crippen molar-refractivity contribution in [2.75, 3.05) is 0 Å². The van der Waals surface area contributed by atoms with Crippen molar-refractivity contribution in [1.82, 2.24) is 30.0 Å². The smallest absolute Gasteiger partial charge is 0.358 e. The van der Waals surface area contributed by atoms with Crippen molar-refractivity contribution >= 4 is 11.8 Å². The van der Waals surface area contributed by atoms with Gasteiger partial charge in [-0.2, -0.15) is 9.07 Å². The molecule has 0 fully saturated rings. The summed E-state index contributed by atoms with van der Waals surface area (Å²) in [5.74, 6) is -2.60. The predicted octanol–water partition coefficient (Wildman–Crippen LogP) is -0.567. The van der Waals surface area contributed by atoms with Crippen molar-refractivity contribution < 1.29 is 14.1 Å². The Morgan fingerprint density at radius 3 is 2.75 bits per heavy atom. The van der Waals surface area contributed by atoms with Gasteiger partial charge >= 0.3 is 17.8 Å². The van der Waals surface area contributed by atoms with Crippen LogP contribution >= 0.6 is 0 Å². The lowest BCUT2D eigenvalue weighted by molar-refractivity contribution is -0.392. The molecule has 2 aromatic heterocycles. The van der Waals surface area contributed by atoms with E-state index < -0.39 is 22.7 Å². The van der Waals surface area contributed by atoms with Crippen LogP contribution in [0.5, 0.6) is 0 Å². The van der Waals surface area contributed by atoms with E-state index in [9.17, 15) is 19.3 Å². The lowest BCUT2D eigenvalue weighted by Crippen LogP contribution is -2.23. The van der Waals surface area contributed by atoms with E-state index in [4.69, 9.17) is 0 Å². The molecule has 2 aromatic rings. The van der Waals surface area contributed by atoms with Gasteiger partial charge < -0.3 is 10.1 Å². The van der Waals surface area contributed by atoms with Crippen molar-refractivity contribution in [2.24, 2.45) is 0 Å². The number of hydrogen-bond donors (Lipinski definition) is 0. The number of carbonyl (C=O) groups is 1. The van der Waals surface area contributed by atoms with Gasteiger partial charge in [-0.05, 0) is 4.92 Å². The van der Waals surface area contributed by atoms with Crippen molar-refractivity contribution in [2.45, 2.75) is 0 Å². The Balaban J connectivity index is 2.43. The second-order valence-electron chi connectivity index (χ2n) is 2.50. The second kappa shape index (κ2) is 3.45. The van der Waals surface area contributed by atoms with E-state index in [2.05, 4.69) is 20.6 Å². The summed E-state index contributed by atoms with van der Waals surface area (Å²) in [7, 11) is 0. The Bertz CT molecular complexity index is 546. The molecule has 10 nitrogen and oxygen atoms in total. The van der Waals surface area contributed by atoms with Crippen molar-refractivity contribution in [3.8, 4) is 0 Å². The summed E-state index contributed by atoms with van der Waals surface area (Å²) in [5.41, 5.74) is 0. The Kier molecular flexibility index (Phi) is 2.12. The lowest BCUT2D eigenvalue weighted by atomic mass is 10.7. The first-order valence-electron chi connectivity index (χ1n) is 3.78. The van der Waals surface area contributed by atoms with Crippen LogP contribution in [0.3, 0.4) is 0 Å². The van der Waals surface area contributed by atoms with Gasteiger partial charge in [-0.1, -0.05) is 5.21 Å². The topological polar surface area (TPSA) is 122 Å². The SMILES string of the molecule is O=C(n1ccnn1)n1nnc([N+](=O)[O-])c1F. The average molecular weight is 227 g/mol. The highest BCUT2D eigenvalue weighted by Gasteiger charge is 2.28. The number of halogens is 1. The van der Waals surface area contributed by atoms with E-state index in [-0.39, 0.29) is 4.68 Å². The fourth-order valence-electron chi connectivity index (χ4n) is 0.904. The van der Waals surface area contributed by atoms with Gasteiger partial charge in [0.05, 0.1) is 17.6 Å². The number of aromatic nitrogens is 6. The minimum atomic E-state index is -1.47. The minimum Gasteiger partial charge on any atom is -0.358 e. The van der Waals surface area contributed by atoms with Gasteiger partial charge in [-0.15, -0.1) is 9.78 Å². The Morgan fingerprint density at radius 2 is 2.25 bits per heavy atom. The number of hydrogen-bond acceptors (Lipinski definition) is 7. The van der Waals surface area contributed by atoms with Crippen LogP contribution < -0.4 is 0 Å². The van der Waals surface area contributed by atoms with Gasteiger partial charge in [0.25, 0.3) is 0 Å². The summed E-state index contributed by atoms with van der Waals surface area (Å²) in [4.78, 5) is 20.6. The number of nitrogens with zero attached hydrogens (tertiary/aromatic N) is 7. The Morgan fingerprint density at radius 1 is 1.50 bits per heavy atom. The maximum atomic E-state index is 13.2. The monoisotopic (exact) mass is 227 g/mol. The highest BCUT2D eigenvalue weighted by Crippen LogP contribution is 2.11. The highest BCUT2D eigenvalue weighted by atomic mass is 19.1. The normalized spacial score (nSPS) is 10.3. The molecule has 0 bridgehead atoms. The third kappa shape index (κ3) is 1.39. The molecule has 0 aliphatic rings. The average Bonchev–Trinajstić information content (AvgIpc) is 2.84. The number of carbonyl (C=O) groups excluding carboxylic acids is 1. The van der Waals surface area contributed by atoms with Gasteiger partial charge in [0.15, 0.2) is 0 Å². The van der Waals surface area contributed by atoms with E-state index in [1.165, 1.54) is 6.20 Å². The molecule has 0 amide bonds. The van der Waals surface area contributed by atoms with Gasteiger partial charge in [0, 0.05) is 0 Å². The molecule has 0 spiro atoms. The zero-order chi connectivity index (χ0) is 11.7. The van der Waals surface area contributed by atoms with E-state index in [1.54, 1.807) is 0 Å². The van der Waals surface area contributed by atoms with Crippen molar-refractivity contribution in [3.05, 3.63) is 28.5 Å². The van der Waals surface area contributed by atoms with E-state index in [0.29, 0.717) is 4.68 Å². The van der Waals surface area contributed by atoms with E-state index in [1.807, 2.05) is 0 Å². The summed E-state index contributed by atoms with van der Waals surface area (Å²) >= 11 is 0. The van der Waals surface area contributed by atoms with Crippen LogP contribution in [-0.4, -0.2) is 40.9 Å². The molecule has 0 unspecified atom stereocenters. The molecule has 16 heavy (non-hydrogen) atoms. The largest absolute Gasteiger partial charge is 0.448 e. The molecule has 0 saturated heterocycles. The third-order valence-corrected chi connectivity index (χ3v) is 1.57. The predicted molar refractivity (Wildman–Crippen MR) is 42.8 cm³/mol. The Hall–Kier alpha value is -2.72. The van der Waals surface area contributed by atoms with Crippen LogP contribution in [0.4, 0.5) is 15.0 Å². The van der Waals surface area contributed by atoms with Crippen LogP contribution in [0.25, 0.3) is 0 Å². The molecule has 2 rings (SSSR count). The zero-order valence-corrected chi connectivity index (χ0v) is 7.39. The van der Waals surface area contributed by atoms with Gasteiger partial charge in [0.1, 0.15) is 5.10 Å². The third-order valence-electron chi connectivity index (χ3n) is 1.57. The molecule has 0 radical (unpaired) electrons. The standard InChI is InChI=1S/C5H2FN7O3/c6-3-4(13(15)16)8-10-12(3)5(14)11-2-1-7-9-11/h1-2H. The molecule has 0 aliphatic carbocycles.